The molecule has 2 aromatic rings. The quantitative estimate of drug-likeness (QED) is 0.906. The number of hydrogen-bond donors (Lipinski definition) is 2. The number of nitrogens with zero attached hydrogens (tertiary/aromatic N) is 1. The maximum atomic E-state index is 12.9. The topological polar surface area (TPSA) is 70.7 Å². The lowest BCUT2D eigenvalue weighted by molar-refractivity contribution is -0.122. The molecule has 6 heteroatoms. The number of methoxy groups -OCH3 is 1. The normalized spacial score (nSPS) is 14.4. The number of nitrogens with one attached hydrogen (secondary N) is 2. The van der Waals surface area contributed by atoms with Gasteiger partial charge < -0.3 is 15.4 Å². The number of amides is 2. The van der Waals surface area contributed by atoms with Gasteiger partial charge in [0.25, 0.3) is 0 Å². The van der Waals surface area contributed by atoms with Gasteiger partial charge in [-0.15, -0.1) is 0 Å². The summed E-state index contributed by atoms with van der Waals surface area (Å²) in [4.78, 5) is 26.2. The molecule has 1 heterocycles. The lowest BCUT2D eigenvalue weighted by Crippen LogP contribution is -2.47. The van der Waals surface area contributed by atoms with Crippen molar-refractivity contribution in [2.45, 2.75) is 13.0 Å². The van der Waals surface area contributed by atoms with Crippen molar-refractivity contribution in [2.24, 2.45) is 0 Å². The number of carbonyl (C=O) groups excluding carboxylic acids is 2. The second-order valence-corrected chi connectivity index (χ2v) is 5.56. The minimum atomic E-state index is -0.514. The van der Waals surface area contributed by atoms with Crippen molar-refractivity contribution in [1.29, 1.82) is 0 Å². The largest absolute Gasteiger partial charge is 0.495 e. The first-order valence-corrected chi connectivity index (χ1v) is 7.70. The lowest BCUT2D eigenvalue weighted by atomic mass is 10.1. The molecule has 24 heavy (non-hydrogen) atoms. The van der Waals surface area contributed by atoms with Crippen LogP contribution in [0.25, 0.3) is 0 Å². The van der Waals surface area contributed by atoms with Gasteiger partial charge in [-0.3, -0.25) is 14.5 Å². The van der Waals surface area contributed by atoms with Gasteiger partial charge in [-0.05, 0) is 31.2 Å². The average Bonchev–Trinajstić information content (AvgIpc) is 2.60. The zero-order chi connectivity index (χ0) is 17.1. The first kappa shape index (κ1) is 15.9. The predicted octanol–water partition coefficient (Wildman–Crippen LogP) is 2.48. The summed E-state index contributed by atoms with van der Waals surface area (Å²) in [7, 11) is 1.58. The molecule has 0 radical (unpaired) electrons. The molecule has 124 valence electrons. The zero-order valence-electron chi connectivity index (χ0n) is 13.6. The van der Waals surface area contributed by atoms with Crippen molar-refractivity contribution in [1.82, 2.24) is 0 Å². The van der Waals surface area contributed by atoms with Crippen molar-refractivity contribution in [2.75, 3.05) is 29.2 Å². The Labute approximate surface area is 140 Å². The molecule has 0 saturated heterocycles. The summed E-state index contributed by atoms with van der Waals surface area (Å²) in [5.41, 5.74) is 2.08. The molecule has 0 saturated carbocycles. The van der Waals surface area contributed by atoms with E-state index in [0.717, 1.165) is 5.69 Å². The van der Waals surface area contributed by atoms with E-state index in [1.807, 2.05) is 42.5 Å². The molecule has 1 aliphatic heterocycles. The summed E-state index contributed by atoms with van der Waals surface area (Å²) in [6, 6.07) is 14.2. The fourth-order valence-electron chi connectivity index (χ4n) is 2.72. The van der Waals surface area contributed by atoms with E-state index in [4.69, 9.17) is 4.74 Å². The maximum Gasteiger partial charge on any atom is 0.249 e. The Kier molecular flexibility index (Phi) is 4.37. The number of anilines is 3. The van der Waals surface area contributed by atoms with Gasteiger partial charge in [0.05, 0.1) is 24.2 Å². The van der Waals surface area contributed by atoms with Crippen LogP contribution in [0.1, 0.15) is 6.92 Å². The molecule has 2 amide bonds. The number of rotatable bonds is 4. The van der Waals surface area contributed by atoms with E-state index >= 15 is 0 Å². The van der Waals surface area contributed by atoms with Crippen LogP contribution in [0.4, 0.5) is 17.1 Å². The van der Waals surface area contributed by atoms with E-state index in [2.05, 4.69) is 10.6 Å². The van der Waals surface area contributed by atoms with Crippen LogP contribution in [0.5, 0.6) is 5.75 Å². The van der Waals surface area contributed by atoms with Crippen molar-refractivity contribution >= 4 is 28.9 Å². The van der Waals surface area contributed by atoms with E-state index in [1.54, 1.807) is 20.1 Å². The van der Waals surface area contributed by atoms with Crippen LogP contribution in [0, 0.1) is 0 Å². The fraction of sp³-hybridized carbons (Fsp3) is 0.222. The van der Waals surface area contributed by atoms with E-state index < -0.39 is 6.04 Å². The molecule has 2 aromatic carbocycles. The second kappa shape index (κ2) is 6.62. The standard InChI is InChI=1S/C18H19N3O3/c1-12(19-14-8-4-6-10-16(14)24-2)18(23)21-11-17(22)20-13-7-3-5-9-15(13)21/h3-10,12,19H,11H2,1-2H3,(H,20,22)/t12-/m1/s1. The Morgan fingerprint density at radius 1 is 1.21 bits per heavy atom. The van der Waals surface area contributed by atoms with Crippen molar-refractivity contribution in [3.63, 3.8) is 0 Å². The summed E-state index contributed by atoms with van der Waals surface area (Å²) < 4.78 is 5.29. The molecule has 0 unspecified atom stereocenters. The number of fused-ring (bicyclic) bond motifs is 1. The minimum Gasteiger partial charge on any atom is -0.495 e. The number of ether oxygens (including phenoxy) is 1. The summed E-state index contributed by atoms with van der Waals surface area (Å²) in [6.07, 6.45) is 0. The van der Waals surface area contributed by atoms with Crippen LogP contribution in [0.2, 0.25) is 0 Å². The van der Waals surface area contributed by atoms with Gasteiger partial charge in [-0.2, -0.15) is 0 Å². The number of benzene rings is 2. The SMILES string of the molecule is COc1ccccc1N[C@H](C)C(=O)N1CC(=O)Nc2ccccc21. The predicted molar refractivity (Wildman–Crippen MR) is 93.5 cm³/mol. The summed E-state index contributed by atoms with van der Waals surface area (Å²) in [5, 5.41) is 5.93. The summed E-state index contributed by atoms with van der Waals surface area (Å²) >= 11 is 0. The zero-order valence-corrected chi connectivity index (χ0v) is 13.6. The molecule has 0 aromatic heterocycles. The number of para-hydroxylation sites is 4. The Morgan fingerprint density at radius 3 is 2.71 bits per heavy atom. The van der Waals surface area contributed by atoms with Crippen LogP contribution in [-0.2, 0) is 9.59 Å². The monoisotopic (exact) mass is 325 g/mol. The van der Waals surface area contributed by atoms with Crippen LogP contribution in [0.15, 0.2) is 48.5 Å². The highest BCUT2D eigenvalue weighted by atomic mass is 16.5. The molecule has 0 spiro atoms. The highest BCUT2D eigenvalue weighted by Gasteiger charge is 2.29. The van der Waals surface area contributed by atoms with Gasteiger partial charge in [-0.1, -0.05) is 24.3 Å². The van der Waals surface area contributed by atoms with Crippen molar-refractivity contribution in [3.8, 4) is 5.75 Å². The third-order valence-electron chi connectivity index (χ3n) is 3.89. The molecular weight excluding hydrogens is 306 g/mol. The molecule has 1 atom stereocenters. The van der Waals surface area contributed by atoms with Crippen molar-refractivity contribution < 1.29 is 14.3 Å². The van der Waals surface area contributed by atoms with Gasteiger partial charge in [0, 0.05) is 0 Å². The molecular formula is C18H19N3O3. The van der Waals surface area contributed by atoms with Gasteiger partial charge in [-0.25, -0.2) is 0 Å². The van der Waals surface area contributed by atoms with E-state index in [1.165, 1.54) is 4.90 Å². The third kappa shape index (κ3) is 3.03. The van der Waals surface area contributed by atoms with Gasteiger partial charge in [0.1, 0.15) is 18.3 Å². The van der Waals surface area contributed by atoms with Crippen LogP contribution < -0.4 is 20.3 Å². The first-order valence-electron chi connectivity index (χ1n) is 7.70. The molecule has 0 bridgehead atoms. The Bertz CT molecular complexity index is 776. The van der Waals surface area contributed by atoms with Crippen LogP contribution >= 0.6 is 0 Å². The summed E-state index contributed by atoms with van der Waals surface area (Å²) in [5.74, 6) is 0.281. The molecule has 3 rings (SSSR count). The highest BCUT2D eigenvalue weighted by molar-refractivity contribution is 6.11. The highest BCUT2D eigenvalue weighted by Crippen LogP contribution is 2.30. The molecule has 1 aliphatic rings. The maximum absolute atomic E-state index is 12.9. The second-order valence-electron chi connectivity index (χ2n) is 5.56. The van der Waals surface area contributed by atoms with Crippen molar-refractivity contribution in [3.05, 3.63) is 48.5 Å². The van der Waals surface area contributed by atoms with Crippen LogP contribution in [0.3, 0.4) is 0 Å². The van der Waals surface area contributed by atoms with Crippen LogP contribution in [-0.4, -0.2) is 31.5 Å². The molecule has 0 aliphatic carbocycles. The van der Waals surface area contributed by atoms with E-state index in [9.17, 15) is 9.59 Å². The van der Waals surface area contributed by atoms with Gasteiger partial charge in [0.15, 0.2) is 0 Å². The Morgan fingerprint density at radius 2 is 1.92 bits per heavy atom. The third-order valence-corrected chi connectivity index (χ3v) is 3.89. The molecule has 6 nitrogen and oxygen atoms in total. The number of carbonyl (C=O) groups is 2. The fourth-order valence-corrected chi connectivity index (χ4v) is 2.72. The Balaban J connectivity index is 1.82. The minimum absolute atomic E-state index is 0.00773. The van der Waals surface area contributed by atoms with Gasteiger partial charge in [0.2, 0.25) is 11.8 Å². The smallest absolute Gasteiger partial charge is 0.249 e. The Hall–Kier alpha value is -3.02. The average molecular weight is 325 g/mol. The summed E-state index contributed by atoms with van der Waals surface area (Å²) in [6.45, 7) is 1.78. The van der Waals surface area contributed by atoms with E-state index in [0.29, 0.717) is 17.1 Å². The van der Waals surface area contributed by atoms with E-state index in [-0.39, 0.29) is 18.4 Å². The van der Waals surface area contributed by atoms with Gasteiger partial charge >= 0.3 is 0 Å². The lowest BCUT2D eigenvalue weighted by Gasteiger charge is -2.31. The first-order chi connectivity index (χ1) is 11.6. The number of hydrogen-bond acceptors (Lipinski definition) is 4. The molecule has 2 N–H and O–H groups in total. The molecule has 0 fully saturated rings.